The predicted molar refractivity (Wildman–Crippen MR) is 158 cm³/mol. The second-order valence-corrected chi connectivity index (χ2v) is 10.0. The standard InChI is InChI=1S/C33H21BrN4/c34-24-14-15-33-27(21-24)26-10-1-2-13-32(26)38(33)25-9-7-8-22(18-25)23-19-30(28-11-3-5-16-35-28)37-31(20-23)29-12-4-6-17-36-29/h1-21H. The molecule has 0 N–H and O–H groups in total. The molecule has 5 heteroatoms. The topological polar surface area (TPSA) is 43.6 Å². The molecule has 7 aromatic rings. The average Bonchev–Trinajstić information content (AvgIpc) is 3.31. The summed E-state index contributed by atoms with van der Waals surface area (Å²) in [4.78, 5) is 14.0. The van der Waals surface area contributed by atoms with E-state index < -0.39 is 0 Å². The molecule has 180 valence electrons. The first-order valence-corrected chi connectivity index (χ1v) is 13.2. The van der Waals surface area contributed by atoms with E-state index in [0.717, 1.165) is 44.1 Å². The van der Waals surface area contributed by atoms with Crippen LogP contribution in [0.4, 0.5) is 0 Å². The number of rotatable bonds is 4. The van der Waals surface area contributed by atoms with Gasteiger partial charge in [0.1, 0.15) is 0 Å². The van der Waals surface area contributed by atoms with Gasteiger partial charge in [0.05, 0.1) is 33.8 Å². The van der Waals surface area contributed by atoms with Crippen LogP contribution in [-0.2, 0) is 0 Å². The minimum atomic E-state index is 0.816. The van der Waals surface area contributed by atoms with Crippen LogP contribution in [0.3, 0.4) is 0 Å². The third-order valence-corrected chi connectivity index (χ3v) is 7.25. The molecule has 0 radical (unpaired) electrons. The lowest BCUT2D eigenvalue weighted by Crippen LogP contribution is -1.96. The van der Waals surface area contributed by atoms with Crippen molar-refractivity contribution in [3.8, 4) is 39.6 Å². The van der Waals surface area contributed by atoms with Crippen LogP contribution in [-0.4, -0.2) is 19.5 Å². The maximum absolute atomic E-state index is 4.93. The highest BCUT2D eigenvalue weighted by Crippen LogP contribution is 2.35. The van der Waals surface area contributed by atoms with Crippen molar-refractivity contribution in [2.75, 3.05) is 0 Å². The summed E-state index contributed by atoms with van der Waals surface area (Å²) >= 11 is 3.65. The molecule has 3 aromatic carbocycles. The zero-order valence-electron chi connectivity index (χ0n) is 20.3. The molecule has 0 amide bonds. The summed E-state index contributed by atoms with van der Waals surface area (Å²) in [6.45, 7) is 0. The third-order valence-electron chi connectivity index (χ3n) is 6.75. The second-order valence-electron chi connectivity index (χ2n) is 9.12. The molecule has 0 aliphatic rings. The van der Waals surface area contributed by atoms with Crippen molar-refractivity contribution < 1.29 is 0 Å². The number of fused-ring (bicyclic) bond motifs is 3. The lowest BCUT2D eigenvalue weighted by atomic mass is 10.0. The lowest BCUT2D eigenvalue weighted by Gasteiger charge is -2.12. The van der Waals surface area contributed by atoms with Gasteiger partial charge in [-0.05, 0) is 83.9 Å². The van der Waals surface area contributed by atoms with Gasteiger partial charge in [-0.2, -0.15) is 0 Å². The number of hydrogen-bond donors (Lipinski definition) is 0. The number of para-hydroxylation sites is 1. The van der Waals surface area contributed by atoms with E-state index in [-0.39, 0.29) is 0 Å². The van der Waals surface area contributed by atoms with Gasteiger partial charge in [0.15, 0.2) is 0 Å². The SMILES string of the molecule is Brc1ccc2c(c1)c1ccccc1n2-c1cccc(-c2cc(-c3ccccn3)nc(-c3ccccn3)c2)c1. The van der Waals surface area contributed by atoms with Gasteiger partial charge in [-0.1, -0.05) is 58.4 Å². The number of hydrogen-bond acceptors (Lipinski definition) is 3. The molecule has 4 heterocycles. The van der Waals surface area contributed by atoms with E-state index in [4.69, 9.17) is 4.98 Å². The summed E-state index contributed by atoms with van der Waals surface area (Å²) in [6, 6.07) is 39.7. The highest BCUT2D eigenvalue weighted by atomic mass is 79.9. The molecule has 0 saturated carbocycles. The highest BCUT2D eigenvalue weighted by molar-refractivity contribution is 9.10. The molecule has 0 aliphatic carbocycles. The predicted octanol–water partition coefficient (Wildman–Crippen LogP) is 8.73. The summed E-state index contributed by atoms with van der Waals surface area (Å²) in [5, 5.41) is 2.45. The largest absolute Gasteiger partial charge is 0.309 e. The minimum absolute atomic E-state index is 0.816. The number of nitrogens with zero attached hydrogens (tertiary/aromatic N) is 4. The van der Waals surface area contributed by atoms with Gasteiger partial charge in [0.2, 0.25) is 0 Å². The number of benzene rings is 3. The van der Waals surface area contributed by atoms with Crippen molar-refractivity contribution in [3.63, 3.8) is 0 Å². The Kier molecular flexibility index (Phi) is 5.56. The smallest absolute Gasteiger partial charge is 0.0900 e. The first-order valence-electron chi connectivity index (χ1n) is 12.4. The third kappa shape index (κ3) is 3.98. The van der Waals surface area contributed by atoms with Gasteiger partial charge < -0.3 is 4.57 Å². The van der Waals surface area contributed by atoms with E-state index >= 15 is 0 Å². The van der Waals surface area contributed by atoms with Gasteiger partial charge in [0.25, 0.3) is 0 Å². The van der Waals surface area contributed by atoms with Gasteiger partial charge in [-0.3, -0.25) is 9.97 Å². The van der Waals surface area contributed by atoms with E-state index in [1.165, 1.54) is 21.8 Å². The van der Waals surface area contributed by atoms with E-state index in [9.17, 15) is 0 Å². The molecular formula is C33H21BrN4. The van der Waals surface area contributed by atoms with E-state index in [1.54, 1.807) is 12.4 Å². The van der Waals surface area contributed by atoms with Crippen LogP contribution in [0, 0.1) is 0 Å². The lowest BCUT2D eigenvalue weighted by molar-refractivity contribution is 1.18. The van der Waals surface area contributed by atoms with Crippen molar-refractivity contribution in [2.24, 2.45) is 0 Å². The Labute approximate surface area is 228 Å². The Morgan fingerprint density at radius 2 is 1.18 bits per heavy atom. The molecule has 0 atom stereocenters. The molecule has 38 heavy (non-hydrogen) atoms. The zero-order valence-corrected chi connectivity index (χ0v) is 21.9. The van der Waals surface area contributed by atoms with Gasteiger partial charge in [-0.25, -0.2) is 4.98 Å². The maximum Gasteiger partial charge on any atom is 0.0900 e. The van der Waals surface area contributed by atoms with Crippen molar-refractivity contribution >= 4 is 37.7 Å². The monoisotopic (exact) mass is 552 g/mol. The van der Waals surface area contributed by atoms with Crippen molar-refractivity contribution in [1.29, 1.82) is 0 Å². The molecule has 0 spiro atoms. The van der Waals surface area contributed by atoms with Crippen LogP contribution in [0.15, 0.2) is 132 Å². The maximum atomic E-state index is 4.93. The Hall–Kier alpha value is -4.61. The Bertz CT molecular complexity index is 1870. The normalized spacial score (nSPS) is 11.3. The average molecular weight is 553 g/mol. The van der Waals surface area contributed by atoms with Crippen LogP contribution in [0.5, 0.6) is 0 Å². The summed E-state index contributed by atoms with van der Waals surface area (Å²) in [5.41, 5.74) is 8.90. The molecule has 0 unspecified atom stereocenters. The first kappa shape index (κ1) is 22.6. The van der Waals surface area contributed by atoms with Crippen molar-refractivity contribution in [2.45, 2.75) is 0 Å². The van der Waals surface area contributed by atoms with Crippen LogP contribution < -0.4 is 0 Å². The Balaban J connectivity index is 1.44. The van der Waals surface area contributed by atoms with E-state index in [1.807, 2.05) is 36.4 Å². The number of pyridine rings is 3. The summed E-state index contributed by atoms with van der Waals surface area (Å²) in [6.07, 6.45) is 3.59. The van der Waals surface area contributed by atoms with Gasteiger partial charge >= 0.3 is 0 Å². The quantitative estimate of drug-likeness (QED) is 0.219. The van der Waals surface area contributed by atoms with Crippen LogP contribution in [0.1, 0.15) is 0 Å². The van der Waals surface area contributed by atoms with E-state index in [0.29, 0.717) is 0 Å². The zero-order chi connectivity index (χ0) is 25.5. The minimum Gasteiger partial charge on any atom is -0.309 e. The fourth-order valence-electron chi connectivity index (χ4n) is 5.04. The fourth-order valence-corrected chi connectivity index (χ4v) is 5.40. The summed E-state index contributed by atoms with van der Waals surface area (Å²) in [7, 11) is 0. The number of halogens is 1. The molecule has 0 aliphatic heterocycles. The van der Waals surface area contributed by atoms with Gasteiger partial charge in [-0.15, -0.1) is 0 Å². The van der Waals surface area contributed by atoms with Crippen LogP contribution in [0.2, 0.25) is 0 Å². The molecule has 0 fully saturated rings. The summed E-state index contributed by atoms with van der Waals surface area (Å²) < 4.78 is 3.41. The van der Waals surface area contributed by atoms with Crippen LogP contribution in [0.25, 0.3) is 61.4 Å². The van der Waals surface area contributed by atoms with Gasteiger partial charge in [0, 0.05) is 33.3 Å². The van der Waals surface area contributed by atoms with Crippen molar-refractivity contribution in [3.05, 3.63) is 132 Å². The molecule has 0 saturated heterocycles. The highest BCUT2D eigenvalue weighted by Gasteiger charge is 2.14. The molecule has 0 bridgehead atoms. The number of aromatic nitrogens is 4. The fraction of sp³-hybridized carbons (Fsp3) is 0. The Morgan fingerprint density at radius 1 is 0.500 bits per heavy atom. The molecule has 4 aromatic heterocycles. The van der Waals surface area contributed by atoms with E-state index in [2.05, 4.69) is 109 Å². The summed E-state index contributed by atoms with van der Waals surface area (Å²) in [5.74, 6) is 0. The first-order chi connectivity index (χ1) is 18.7. The second kappa shape index (κ2) is 9.36. The molecular weight excluding hydrogens is 532 g/mol. The molecule has 7 rings (SSSR count). The van der Waals surface area contributed by atoms with Crippen molar-refractivity contribution in [1.82, 2.24) is 19.5 Å². The van der Waals surface area contributed by atoms with Crippen LogP contribution >= 0.6 is 15.9 Å². The Morgan fingerprint density at radius 3 is 1.89 bits per heavy atom. The molecule has 4 nitrogen and oxygen atoms in total.